The lowest BCUT2D eigenvalue weighted by atomic mass is 10.2. The summed E-state index contributed by atoms with van der Waals surface area (Å²) in [5, 5.41) is 9.69. The Balaban J connectivity index is 2.14. The molecule has 2 rings (SSSR count). The van der Waals surface area contributed by atoms with Gasteiger partial charge in [-0.25, -0.2) is 9.36 Å². The number of aromatic amines is 1. The number of phosphoric ester groups is 1. The summed E-state index contributed by atoms with van der Waals surface area (Å²) in [5.74, 6) is -1.21. The molecule has 10 nitrogen and oxygen atoms in total. The zero-order valence-corrected chi connectivity index (χ0v) is 11.3. The Hall–Kier alpha value is -1.36. The fourth-order valence-corrected chi connectivity index (χ4v) is 2.22. The van der Waals surface area contributed by atoms with Crippen LogP contribution in [-0.2, 0) is 13.8 Å². The SMILES string of the molecule is O=c1[nH]c(=O)n([C@H]2C[C@@H](O)[C@@H](COP(=O)(O)O)O2)cc1F. The van der Waals surface area contributed by atoms with E-state index in [1.165, 1.54) is 0 Å². The van der Waals surface area contributed by atoms with E-state index < -0.39 is 49.9 Å². The topological polar surface area (TPSA) is 151 Å². The van der Waals surface area contributed by atoms with E-state index in [0.29, 0.717) is 6.20 Å². The lowest BCUT2D eigenvalue weighted by Crippen LogP contribution is -2.34. The molecule has 4 N–H and O–H groups in total. The molecule has 1 aliphatic rings. The molecular formula is C9H12FN2O8P. The summed E-state index contributed by atoms with van der Waals surface area (Å²) in [5.41, 5.74) is -2.12. The number of ether oxygens (including phenoxy) is 1. The summed E-state index contributed by atoms with van der Waals surface area (Å²) >= 11 is 0. The molecule has 1 saturated heterocycles. The molecule has 1 aromatic heterocycles. The molecule has 0 spiro atoms. The van der Waals surface area contributed by atoms with Crippen LogP contribution in [0.3, 0.4) is 0 Å². The van der Waals surface area contributed by atoms with Gasteiger partial charge in [-0.05, 0) is 0 Å². The number of hydrogen-bond donors (Lipinski definition) is 4. The summed E-state index contributed by atoms with van der Waals surface area (Å²) in [7, 11) is -4.73. The maximum atomic E-state index is 13.2. The van der Waals surface area contributed by atoms with Crippen LogP contribution in [0.1, 0.15) is 12.6 Å². The first kappa shape index (κ1) is 16.0. The molecule has 0 aliphatic carbocycles. The number of aliphatic hydroxyl groups excluding tert-OH is 1. The van der Waals surface area contributed by atoms with Crippen molar-refractivity contribution in [3.63, 3.8) is 0 Å². The van der Waals surface area contributed by atoms with Gasteiger partial charge in [0.25, 0.3) is 5.56 Å². The number of halogens is 1. The zero-order valence-electron chi connectivity index (χ0n) is 10.4. The molecule has 12 heteroatoms. The van der Waals surface area contributed by atoms with Crippen molar-refractivity contribution in [1.29, 1.82) is 0 Å². The van der Waals surface area contributed by atoms with Crippen LogP contribution in [0.2, 0.25) is 0 Å². The molecule has 2 heterocycles. The van der Waals surface area contributed by atoms with Crippen molar-refractivity contribution in [3.05, 3.63) is 32.9 Å². The number of H-pyrrole nitrogens is 1. The Labute approximate surface area is 116 Å². The van der Waals surface area contributed by atoms with Crippen LogP contribution >= 0.6 is 7.82 Å². The number of aliphatic hydroxyl groups is 1. The van der Waals surface area contributed by atoms with Crippen molar-refractivity contribution in [3.8, 4) is 0 Å². The standard InChI is InChI=1S/C9H12FN2O8P/c10-4-2-12(9(15)11-8(4)14)7-1-5(13)6(20-7)3-19-21(16,17)18/h2,5-7,13H,1,3H2,(H,11,14,15)(H2,16,17,18)/t5-,6-,7-/m1/s1. The van der Waals surface area contributed by atoms with E-state index in [4.69, 9.17) is 14.5 Å². The average Bonchev–Trinajstić information content (AvgIpc) is 2.72. The first-order valence-corrected chi connectivity index (χ1v) is 7.25. The maximum absolute atomic E-state index is 13.2. The fourth-order valence-electron chi connectivity index (χ4n) is 1.88. The summed E-state index contributed by atoms with van der Waals surface area (Å²) < 4.78 is 33.9. The third-order valence-electron chi connectivity index (χ3n) is 2.85. The van der Waals surface area contributed by atoms with Gasteiger partial charge in [0, 0.05) is 6.42 Å². The Morgan fingerprint density at radius 1 is 1.52 bits per heavy atom. The summed E-state index contributed by atoms with van der Waals surface area (Å²) in [6.45, 7) is -0.609. The largest absolute Gasteiger partial charge is 0.469 e. The number of aromatic nitrogens is 2. The molecule has 1 aliphatic heterocycles. The van der Waals surface area contributed by atoms with Crippen LogP contribution in [-0.4, -0.2) is 43.3 Å². The van der Waals surface area contributed by atoms with Gasteiger partial charge in [-0.3, -0.25) is 18.9 Å². The number of hydrogen-bond acceptors (Lipinski definition) is 6. The van der Waals surface area contributed by atoms with Crippen molar-refractivity contribution >= 4 is 7.82 Å². The summed E-state index contributed by atoms with van der Waals surface area (Å²) in [6, 6.07) is 0. The van der Waals surface area contributed by atoms with Gasteiger partial charge in [0.2, 0.25) is 5.82 Å². The molecule has 0 radical (unpaired) electrons. The monoisotopic (exact) mass is 326 g/mol. The van der Waals surface area contributed by atoms with Gasteiger partial charge in [0.15, 0.2) is 0 Å². The van der Waals surface area contributed by atoms with Crippen molar-refractivity contribution < 1.29 is 33.1 Å². The lowest BCUT2D eigenvalue weighted by Gasteiger charge is -2.16. The van der Waals surface area contributed by atoms with Gasteiger partial charge in [-0.2, -0.15) is 4.39 Å². The smallest absolute Gasteiger partial charge is 0.390 e. The van der Waals surface area contributed by atoms with E-state index in [2.05, 4.69) is 4.52 Å². The molecule has 1 fully saturated rings. The van der Waals surface area contributed by atoms with Crippen molar-refractivity contribution in [1.82, 2.24) is 9.55 Å². The van der Waals surface area contributed by atoms with E-state index in [9.17, 15) is 23.7 Å². The Morgan fingerprint density at radius 3 is 2.81 bits per heavy atom. The van der Waals surface area contributed by atoms with E-state index >= 15 is 0 Å². The summed E-state index contributed by atoms with van der Waals surface area (Å²) in [6.07, 6.45) is -2.89. The Morgan fingerprint density at radius 2 is 2.19 bits per heavy atom. The minimum atomic E-state index is -4.73. The average molecular weight is 326 g/mol. The van der Waals surface area contributed by atoms with E-state index in [1.807, 2.05) is 0 Å². The highest BCUT2D eigenvalue weighted by Crippen LogP contribution is 2.38. The van der Waals surface area contributed by atoms with Crippen LogP contribution < -0.4 is 11.2 Å². The normalized spacial score (nSPS) is 26.2. The quantitative estimate of drug-likeness (QED) is 0.485. The Kier molecular flexibility index (Phi) is 4.42. The van der Waals surface area contributed by atoms with Crippen LogP contribution in [0, 0.1) is 5.82 Å². The molecule has 0 saturated carbocycles. The second-order valence-corrected chi connectivity index (χ2v) is 5.60. The van der Waals surface area contributed by atoms with Crippen LogP contribution in [0.4, 0.5) is 4.39 Å². The highest BCUT2D eigenvalue weighted by atomic mass is 31.2. The highest BCUT2D eigenvalue weighted by molar-refractivity contribution is 7.46. The first-order chi connectivity index (χ1) is 9.67. The number of nitrogens with one attached hydrogen (secondary N) is 1. The zero-order chi connectivity index (χ0) is 15.8. The van der Waals surface area contributed by atoms with E-state index in [0.717, 1.165) is 4.57 Å². The van der Waals surface area contributed by atoms with Crippen LogP contribution in [0.5, 0.6) is 0 Å². The molecule has 0 bridgehead atoms. The first-order valence-electron chi connectivity index (χ1n) is 5.72. The van der Waals surface area contributed by atoms with E-state index in [-0.39, 0.29) is 6.42 Å². The second-order valence-electron chi connectivity index (χ2n) is 4.36. The molecule has 118 valence electrons. The minimum absolute atomic E-state index is 0.138. The van der Waals surface area contributed by atoms with Crippen molar-refractivity contribution in [2.75, 3.05) is 6.61 Å². The lowest BCUT2D eigenvalue weighted by molar-refractivity contribution is -0.0453. The molecule has 0 unspecified atom stereocenters. The summed E-state index contributed by atoms with van der Waals surface area (Å²) in [4.78, 5) is 41.3. The number of phosphoric acid groups is 1. The number of nitrogens with zero attached hydrogens (tertiary/aromatic N) is 1. The molecular weight excluding hydrogens is 314 g/mol. The van der Waals surface area contributed by atoms with Gasteiger partial charge in [0.05, 0.1) is 18.9 Å². The van der Waals surface area contributed by atoms with Gasteiger partial charge >= 0.3 is 13.5 Å². The maximum Gasteiger partial charge on any atom is 0.469 e. The van der Waals surface area contributed by atoms with Crippen LogP contribution in [0.25, 0.3) is 0 Å². The van der Waals surface area contributed by atoms with Gasteiger partial charge in [-0.1, -0.05) is 0 Å². The molecule has 1 aromatic rings. The number of rotatable bonds is 4. The van der Waals surface area contributed by atoms with Gasteiger partial charge in [-0.15, -0.1) is 0 Å². The van der Waals surface area contributed by atoms with Gasteiger partial charge < -0.3 is 19.6 Å². The van der Waals surface area contributed by atoms with Crippen molar-refractivity contribution in [2.24, 2.45) is 0 Å². The predicted molar refractivity (Wildman–Crippen MR) is 63.8 cm³/mol. The minimum Gasteiger partial charge on any atom is -0.390 e. The molecule has 3 atom stereocenters. The van der Waals surface area contributed by atoms with Gasteiger partial charge in [0.1, 0.15) is 12.3 Å². The third-order valence-corrected chi connectivity index (χ3v) is 3.33. The third kappa shape index (κ3) is 3.84. The van der Waals surface area contributed by atoms with E-state index in [1.54, 1.807) is 4.98 Å². The second kappa shape index (κ2) is 5.79. The fraction of sp³-hybridized carbons (Fsp3) is 0.556. The highest BCUT2D eigenvalue weighted by Gasteiger charge is 2.37. The predicted octanol–water partition coefficient (Wildman–Crippen LogP) is -1.57. The molecule has 0 amide bonds. The molecule has 0 aromatic carbocycles. The van der Waals surface area contributed by atoms with Crippen molar-refractivity contribution in [2.45, 2.75) is 24.9 Å². The Bertz CT molecular complexity index is 681. The molecule has 21 heavy (non-hydrogen) atoms. The van der Waals surface area contributed by atoms with Crippen LogP contribution in [0.15, 0.2) is 15.8 Å².